The lowest BCUT2D eigenvalue weighted by Crippen LogP contribution is -2.39. The average molecular weight is 418 g/mol. The van der Waals surface area contributed by atoms with E-state index >= 15 is 0 Å². The molecule has 1 amide bonds. The standard InChI is InChI=1S/C25H31N5O/c31-24(26-13-12-21-8-3-1-4-9-21)20-30-15-7-14-29(16-17-30)19-23-18-27-25(28-23)22-10-5-2-6-11-22/h1-6,8-11,18H,7,12-17,19-20H2,(H,26,31)(H,27,28). The lowest BCUT2D eigenvalue weighted by molar-refractivity contribution is -0.122. The number of hydrogen-bond donors (Lipinski definition) is 2. The molecular formula is C25H31N5O. The Labute approximate surface area is 184 Å². The number of imidazole rings is 1. The summed E-state index contributed by atoms with van der Waals surface area (Å²) in [5.41, 5.74) is 3.49. The van der Waals surface area contributed by atoms with Crippen LogP contribution >= 0.6 is 0 Å². The quantitative estimate of drug-likeness (QED) is 0.592. The third-order valence-corrected chi connectivity index (χ3v) is 5.70. The molecule has 1 saturated heterocycles. The van der Waals surface area contributed by atoms with Gasteiger partial charge in [0.05, 0.1) is 6.54 Å². The highest BCUT2D eigenvalue weighted by molar-refractivity contribution is 5.78. The van der Waals surface area contributed by atoms with Gasteiger partial charge in [0.25, 0.3) is 0 Å². The second-order valence-electron chi connectivity index (χ2n) is 8.11. The number of hydrogen-bond acceptors (Lipinski definition) is 4. The maximum Gasteiger partial charge on any atom is 0.234 e. The average Bonchev–Trinajstić information content (AvgIpc) is 3.16. The molecule has 0 bridgehead atoms. The zero-order chi connectivity index (χ0) is 21.3. The molecule has 1 aliphatic rings. The lowest BCUT2D eigenvalue weighted by atomic mass is 10.1. The van der Waals surface area contributed by atoms with Crippen LogP contribution in [0.3, 0.4) is 0 Å². The zero-order valence-corrected chi connectivity index (χ0v) is 18.0. The van der Waals surface area contributed by atoms with E-state index in [0.717, 1.165) is 62.6 Å². The van der Waals surface area contributed by atoms with Gasteiger partial charge >= 0.3 is 0 Å². The number of H-pyrrole nitrogens is 1. The molecule has 31 heavy (non-hydrogen) atoms. The van der Waals surface area contributed by atoms with Gasteiger partial charge in [-0.3, -0.25) is 14.6 Å². The van der Waals surface area contributed by atoms with Crippen molar-refractivity contribution in [3.05, 3.63) is 78.1 Å². The molecule has 2 heterocycles. The Balaban J connectivity index is 1.20. The van der Waals surface area contributed by atoms with Gasteiger partial charge in [-0.15, -0.1) is 0 Å². The summed E-state index contributed by atoms with van der Waals surface area (Å²) < 4.78 is 0. The lowest BCUT2D eigenvalue weighted by Gasteiger charge is -2.21. The van der Waals surface area contributed by atoms with Crippen LogP contribution in [0.1, 0.15) is 17.7 Å². The van der Waals surface area contributed by atoms with Crippen LogP contribution in [-0.4, -0.2) is 64.9 Å². The van der Waals surface area contributed by atoms with Crippen LogP contribution in [0.25, 0.3) is 11.4 Å². The van der Waals surface area contributed by atoms with Crippen LogP contribution in [0.2, 0.25) is 0 Å². The smallest absolute Gasteiger partial charge is 0.234 e. The molecule has 3 aromatic rings. The van der Waals surface area contributed by atoms with E-state index in [0.29, 0.717) is 13.1 Å². The third-order valence-electron chi connectivity index (χ3n) is 5.70. The SMILES string of the molecule is O=C(CN1CCCN(Cc2cnc(-c3ccccc3)[nH]2)CC1)NCCc1ccccc1. The van der Waals surface area contributed by atoms with E-state index in [1.165, 1.54) is 5.56 Å². The first-order valence-corrected chi connectivity index (χ1v) is 11.1. The third kappa shape index (κ3) is 6.51. The molecule has 0 saturated carbocycles. The van der Waals surface area contributed by atoms with Crippen LogP contribution < -0.4 is 5.32 Å². The van der Waals surface area contributed by atoms with Crippen LogP contribution in [0, 0.1) is 0 Å². The maximum atomic E-state index is 12.3. The molecule has 0 aliphatic carbocycles. The van der Waals surface area contributed by atoms with E-state index in [1.54, 1.807) is 0 Å². The molecule has 1 fully saturated rings. The number of rotatable bonds is 8. The molecule has 6 nitrogen and oxygen atoms in total. The maximum absolute atomic E-state index is 12.3. The fourth-order valence-corrected chi connectivity index (χ4v) is 4.01. The van der Waals surface area contributed by atoms with Gasteiger partial charge in [0.15, 0.2) is 0 Å². The van der Waals surface area contributed by atoms with Gasteiger partial charge in [-0.1, -0.05) is 60.7 Å². The van der Waals surface area contributed by atoms with Crippen molar-refractivity contribution in [2.24, 2.45) is 0 Å². The van der Waals surface area contributed by atoms with E-state index in [2.05, 4.69) is 49.4 Å². The molecule has 0 atom stereocenters. The number of nitrogens with one attached hydrogen (secondary N) is 2. The minimum Gasteiger partial charge on any atom is -0.355 e. The Morgan fingerprint density at radius 3 is 2.45 bits per heavy atom. The first kappa shape index (κ1) is 21.3. The van der Waals surface area contributed by atoms with Gasteiger partial charge in [0.1, 0.15) is 5.82 Å². The molecular weight excluding hydrogens is 386 g/mol. The number of carbonyl (C=O) groups is 1. The van der Waals surface area contributed by atoms with Gasteiger partial charge in [-0.25, -0.2) is 4.98 Å². The first-order chi connectivity index (χ1) is 15.3. The zero-order valence-electron chi connectivity index (χ0n) is 18.0. The molecule has 2 aromatic carbocycles. The van der Waals surface area contributed by atoms with Crippen molar-refractivity contribution in [3.63, 3.8) is 0 Å². The summed E-state index contributed by atoms with van der Waals surface area (Å²) in [5, 5.41) is 3.06. The van der Waals surface area contributed by atoms with E-state index in [9.17, 15) is 4.79 Å². The van der Waals surface area contributed by atoms with Crippen molar-refractivity contribution in [2.75, 3.05) is 39.3 Å². The largest absolute Gasteiger partial charge is 0.355 e. The highest BCUT2D eigenvalue weighted by atomic mass is 16.2. The van der Waals surface area contributed by atoms with Crippen molar-refractivity contribution in [3.8, 4) is 11.4 Å². The number of nitrogens with zero attached hydrogens (tertiary/aromatic N) is 3. The Morgan fingerprint density at radius 1 is 0.935 bits per heavy atom. The van der Waals surface area contributed by atoms with E-state index in [1.807, 2.05) is 42.6 Å². The molecule has 6 heteroatoms. The number of aromatic amines is 1. The minimum absolute atomic E-state index is 0.116. The topological polar surface area (TPSA) is 64.3 Å². The van der Waals surface area contributed by atoms with Gasteiger partial charge in [0.2, 0.25) is 5.91 Å². The predicted octanol–water partition coefficient (Wildman–Crippen LogP) is 2.94. The molecule has 0 spiro atoms. The van der Waals surface area contributed by atoms with Gasteiger partial charge in [0, 0.05) is 43.6 Å². The van der Waals surface area contributed by atoms with Crippen molar-refractivity contribution >= 4 is 5.91 Å². The Kier molecular flexibility index (Phi) is 7.47. The number of benzene rings is 2. The molecule has 4 rings (SSSR count). The predicted molar refractivity (Wildman–Crippen MR) is 124 cm³/mol. The minimum atomic E-state index is 0.116. The number of carbonyl (C=O) groups excluding carboxylic acids is 1. The summed E-state index contributed by atoms with van der Waals surface area (Å²) in [6.45, 7) is 5.88. The molecule has 1 aliphatic heterocycles. The summed E-state index contributed by atoms with van der Waals surface area (Å²) in [7, 11) is 0. The second-order valence-corrected chi connectivity index (χ2v) is 8.11. The summed E-state index contributed by atoms with van der Waals surface area (Å²) in [6, 6.07) is 20.5. The normalized spacial score (nSPS) is 15.5. The molecule has 0 radical (unpaired) electrons. The van der Waals surface area contributed by atoms with Crippen LogP contribution in [-0.2, 0) is 17.8 Å². The van der Waals surface area contributed by atoms with Gasteiger partial charge in [-0.2, -0.15) is 0 Å². The summed E-state index contributed by atoms with van der Waals surface area (Å²) in [6.07, 6.45) is 3.87. The number of aromatic nitrogens is 2. The first-order valence-electron chi connectivity index (χ1n) is 11.1. The van der Waals surface area contributed by atoms with Gasteiger partial charge < -0.3 is 10.3 Å². The fourth-order valence-electron chi connectivity index (χ4n) is 4.01. The number of amides is 1. The van der Waals surface area contributed by atoms with E-state index < -0.39 is 0 Å². The van der Waals surface area contributed by atoms with Crippen LogP contribution in [0.4, 0.5) is 0 Å². The Morgan fingerprint density at radius 2 is 1.65 bits per heavy atom. The summed E-state index contributed by atoms with van der Waals surface area (Å²) in [4.78, 5) is 25.0. The van der Waals surface area contributed by atoms with Crippen molar-refractivity contribution in [2.45, 2.75) is 19.4 Å². The second kappa shape index (κ2) is 10.9. The van der Waals surface area contributed by atoms with Crippen LogP contribution in [0.5, 0.6) is 0 Å². The Bertz CT molecular complexity index is 941. The fraction of sp³-hybridized carbons (Fsp3) is 0.360. The van der Waals surface area contributed by atoms with E-state index in [4.69, 9.17) is 0 Å². The van der Waals surface area contributed by atoms with Gasteiger partial charge in [-0.05, 0) is 31.5 Å². The highest BCUT2D eigenvalue weighted by Crippen LogP contribution is 2.16. The van der Waals surface area contributed by atoms with E-state index in [-0.39, 0.29) is 5.91 Å². The Hall–Kier alpha value is -2.96. The summed E-state index contributed by atoms with van der Waals surface area (Å²) in [5.74, 6) is 1.03. The highest BCUT2D eigenvalue weighted by Gasteiger charge is 2.18. The van der Waals surface area contributed by atoms with Crippen molar-refractivity contribution in [1.29, 1.82) is 0 Å². The van der Waals surface area contributed by atoms with Crippen molar-refractivity contribution in [1.82, 2.24) is 25.1 Å². The van der Waals surface area contributed by atoms with Crippen molar-refractivity contribution < 1.29 is 4.79 Å². The molecule has 2 N–H and O–H groups in total. The summed E-state index contributed by atoms with van der Waals surface area (Å²) >= 11 is 0. The molecule has 1 aromatic heterocycles. The van der Waals surface area contributed by atoms with Crippen LogP contribution in [0.15, 0.2) is 66.9 Å². The molecule has 162 valence electrons. The molecule has 0 unspecified atom stereocenters. The monoisotopic (exact) mass is 417 g/mol.